The van der Waals surface area contributed by atoms with Gasteiger partial charge >= 0.3 is 5.97 Å². The molecule has 4 saturated carbocycles. The van der Waals surface area contributed by atoms with Crippen LogP contribution in [0.1, 0.15) is 66.2 Å². The van der Waals surface area contributed by atoms with Crippen molar-refractivity contribution >= 4 is 5.97 Å². The molecule has 0 aromatic carbocycles. The van der Waals surface area contributed by atoms with Crippen molar-refractivity contribution in [1.82, 2.24) is 4.90 Å². The number of carbonyl (C=O) groups is 1. The Morgan fingerprint density at radius 3 is 1.90 bits per heavy atom. The number of rotatable bonds is 4. The van der Waals surface area contributed by atoms with E-state index < -0.39 is 5.97 Å². The molecule has 0 aromatic heterocycles. The molecule has 0 spiro atoms. The first-order chi connectivity index (χ1) is 9.69. The Morgan fingerprint density at radius 1 is 1.14 bits per heavy atom. The average molecular weight is 293 g/mol. The highest BCUT2D eigenvalue weighted by Crippen LogP contribution is 2.62. The average Bonchev–Trinajstić information content (AvgIpc) is 2.32. The van der Waals surface area contributed by atoms with E-state index in [0.29, 0.717) is 11.5 Å². The maximum atomic E-state index is 11.3. The predicted octanol–water partition coefficient (Wildman–Crippen LogP) is 3.78. The van der Waals surface area contributed by atoms with Crippen LogP contribution in [0.2, 0.25) is 0 Å². The summed E-state index contributed by atoms with van der Waals surface area (Å²) in [5, 5.41) is 9.34. The van der Waals surface area contributed by atoms with Gasteiger partial charge in [-0.3, -0.25) is 9.69 Å². The minimum Gasteiger partial charge on any atom is -0.480 e. The maximum Gasteiger partial charge on any atom is 0.317 e. The quantitative estimate of drug-likeness (QED) is 0.857. The molecule has 0 radical (unpaired) electrons. The van der Waals surface area contributed by atoms with E-state index in [1.54, 1.807) is 0 Å². The second-order valence-electron chi connectivity index (χ2n) is 9.15. The lowest BCUT2D eigenvalue weighted by Crippen LogP contribution is -2.60. The molecule has 4 fully saturated rings. The van der Waals surface area contributed by atoms with Gasteiger partial charge in [-0.1, -0.05) is 0 Å². The van der Waals surface area contributed by atoms with Gasteiger partial charge in [0, 0.05) is 11.6 Å². The van der Waals surface area contributed by atoms with Crippen molar-refractivity contribution in [3.05, 3.63) is 0 Å². The van der Waals surface area contributed by atoms with Crippen LogP contribution in [0.15, 0.2) is 0 Å². The molecule has 1 unspecified atom stereocenters. The van der Waals surface area contributed by atoms with Crippen molar-refractivity contribution in [2.45, 2.75) is 77.8 Å². The zero-order valence-corrected chi connectivity index (χ0v) is 14.1. The number of carboxylic acids is 1. The van der Waals surface area contributed by atoms with E-state index >= 15 is 0 Å². The van der Waals surface area contributed by atoms with Crippen LogP contribution in [-0.4, -0.2) is 34.1 Å². The number of carboxylic acid groups (broad SMARTS) is 1. The second-order valence-corrected chi connectivity index (χ2v) is 9.15. The van der Waals surface area contributed by atoms with Crippen molar-refractivity contribution < 1.29 is 9.90 Å². The van der Waals surface area contributed by atoms with Crippen LogP contribution in [0.4, 0.5) is 0 Å². The molecule has 0 aromatic rings. The summed E-state index contributed by atoms with van der Waals surface area (Å²) in [5.41, 5.74) is 0.304. The summed E-state index contributed by atoms with van der Waals surface area (Å²) in [6, 6.07) is 0.377. The third kappa shape index (κ3) is 2.74. The van der Waals surface area contributed by atoms with Crippen LogP contribution in [0, 0.1) is 23.2 Å². The van der Waals surface area contributed by atoms with Crippen molar-refractivity contribution in [3.8, 4) is 0 Å². The fraction of sp³-hybridized carbons (Fsp3) is 0.944. The number of aliphatic carboxylic acids is 1. The van der Waals surface area contributed by atoms with Gasteiger partial charge in [-0.25, -0.2) is 0 Å². The lowest BCUT2D eigenvalue weighted by molar-refractivity contribution is -0.147. The molecule has 0 amide bonds. The largest absolute Gasteiger partial charge is 0.480 e. The van der Waals surface area contributed by atoms with E-state index in [4.69, 9.17) is 0 Å². The highest BCUT2D eigenvalue weighted by molar-refractivity contribution is 5.69. The molecule has 4 aliphatic carbocycles. The third-order valence-corrected chi connectivity index (χ3v) is 6.61. The van der Waals surface area contributed by atoms with E-state index in [1.807, 2.05) is 0 Å². The highest BCUT2D eigenvalue weighted by Gasteiger charge is 2.55. The normalized spacial score (nSPS) is 39.8. The standard InChI is InChI=1S/C18H31NO2/c1-12(19(11-16(20)21)17(2,3)4)18-8-13-5-14(9-18)7-15(6-13)10-18/h12-15H,5-11H2,1-4H3,(H,20,21). The lowest BCUT2D eigenvalue weighted by atomic mass is 9.47. The van der Waals surface area contributed by atoms with Crippen LogP contribution in [0.25, 0.3) is 0 Å². The number of hydrogen-bond donors (Lipinski definition) is 1. The summed E-state index contributed by atoms with van der Waals surface area (Å²) >= 11 is 0. The smallest absolute Gasteiger partial charge is 0.317 e. The topological polar surface area (TPSA) is 40.5 Å². The minimum atomic E-state index is -0.693. The number of hydrogen-bond acceptors (Lipinski definition) is 2. The molecule has 0 aliphatic heterocycles. The Labute approximate surface area is 129 Å². The summed E-state index contributed by atoms with van der Waals surface area (Å²) in [7, 11) is 0. The Balaban J connectivity index is 1.85. The van der Waals surface area contributed by atoms with Crippen molar-refractivity contribution in [3.63, 3.8) is 0 Å². The van der Waals surface area contributed by atoms with Gasteiger partial charge in [0.15, 0.2) is 0 Å². The van der Waals surface area contributed by atoms with E-state index in [2.05, 4.69) is 32.6 Å². The molecule has 1 atom stereocenters. The van der Waals surface area contributed by atoms with Gasteiger partial charge in [-0.05, 0) is 89.4 Å². The first kappa shape index (κ1) is 15.3. The Bertz CT molecular complexity index is 388. The molecule has 0 heterocycles. The molecular formula is C18H31NO2. The zero-order valence-electron chi connectivity index (χ0n) is 14.1. The van der Waals surface area contributed by atoms with Gasteiger partial charge in [0.25, 0.3) is 0 Å². The minimum absolute atomic E-state index is 0.0822. The fourth-order valence-electron chi connectivity index (χ4n) is 6.12. The van der Waals surface area contributed by atoms with Gasteiger partial charge in [-0.15, -0.1) is 0 Å². The monoisotopic (exact) mass is 293 g/mol. The predicted molar refractivity (Wildman–Crippen MR) is 84.2 cm³/mol. The molecule has 4 rings (SSSR count). The summed E-state index contributed by atoms with van der Waals surface area (Å²) in [4.78, 5) is 13.6. The molecule has 1 N–H and O–H groups in total. The summed E-state index contributed by atoms with van der Waals surface area (Å²) in [5.74, 6) is 2.07. The first-order valence-electron chi connectivity index (χ1n) is 8.68. The lowest BCUT2D eigenvalue weighted by Gasteiger charge is -2.61. The van der Waals surface area contributed by atoms with E-state index in [1.165, 1.54) is 38.5 Å². The molecule has 21 heavy (non-hydrogen) atoms. The fourth-order valence-corrected chi connectivity index (χ4v) is 6.12. The molecule has 120 valence electrons. The van der Waals surface area contributed by atoms with Gasteiger partial charge in [0.1, 0.15) is 0 Å². The molecular weight excluding hydrogens is 262 g/mol. The van der Waals surface area contributed by atoms with Crippen LogP contribution >= 0.6 is 0 Å². The van der Waals surface area contributed by atoms with Crippen molar-refractivity contribution in [2.24, 2.45) is 23.2 Å². The van der Waals surface area contributed by atoms with Gasteiger partial charge in [0.05, 0.1) is 6.54 Å². The Morgan fingerprint density at radius 2 is 1.57 bits per heavy atom. The molecule has 3 nitrogen and oxygen atoms in total. The Hall–Kier alpha value is -0.570. The van der Waals surface area contributed by atoms with Gasteiger partial charge in [0.2, 0.25) is 0 Å². The molecule has 4 aliphatic rings. The van der Waals surface area contributed by atoms with Gasteiger partial charge in [-0.2, -0.15) is 0 Å². The van der Waals surface area contributed by atoms with Gasteiger partial charge < -0.3 is 5.11 Å². The van der Waals surface area contributed by atoms with E-state index in [0.717, 1.165) is 17.8 Å². The zero-order chi connectivity index (χ0) is 15.4. The summed E-state index contributed by atoms with van der Waals surface area (Å²) in [6.45, 7) is 8.96. The summed E-state index contributed by atoms with van der Waals surface area (Å²) < 4.78 is 0. The number of nitrogens with zero attached hydrogens (tertiary/aromatic N) is 1. The van der Waals surface area contributed by atoms with Crippen LogP contribution in [-0.2, 0) is 4.79 Å². The molecule has 0 saturated heterocycles. The molecule has 4 bridgehead atoms. The maximum absolute atomic E-state index is 11.3. The second kappa shape index (κ2) is 4.97. The van der Waals surface area contributed by atoms with Crippen LogP contribution in [0.3, 0.4) is 0 Å². The van der Waals surface area contributed by atoms with Crippen molar-refractivity contribution in [1.29, 1.82) is 0 Å². The highest BCUT2D eigenvalue weighted by atomic mass is 16.4. The first-order valence-corrected chi connectivity index (χ1v) is 8.68. The van der Waals surface area contributed by atoms with Crippen molar-refractivity contribution in [2.75, 3.05) is 6.54 Å². The SMILES string of the molecule is CC(N(CC(=O)O)C(C)(C)C)C12CC3CC(CC(C3)C1)C2. The van der Waals surface area contributed by atoms with Crippen LogP contribution in [0.5, 0.6) is 0 Å². The Kier molecular flexibility index (Phi) is 3.63. The van der Waals surface area contributed by atoms with Crippen LogP contribution < -0.4 is 0 Å². The van der Waals surface area contributed by atoms with E-state index in [-0.39, 0.29) is 12.1 Å². The summed E-state index contributed by atoms with van der Waals surface area (Å²) in [6.07, 6.45) is 8.35. The molecule has 3 heteroatoms. The van der Waals surface area contributed by atoms with E-state index in [9.17, 15) is 9.90 Å². The third-order valence-electron chi connectivity index (χ3n) is 6.61.